The quantitative estimate of drug-likeness (QED) is 0.880. The summed E-state index contributed by atoms with van der Waals surface area (Å²) in [5.41, 5.74) is 1.10. The molecule has 0 bridgehead atoms. The van der Waals surface area contributed by atoms with Crippen LogP contribution >= 0.6 is 22.6 Å². The van der Waals surface area contributed by atoms with Crippen LogP contribution in [-0.4, -0.2) is 14.8 Å². The molecule has 0 atom stereocenters. The highest BCUT2D eigenvalue weighted by Crippen LogP contribution is 2.13. The molecule has 2 rings (SSSR count). The van der Waals surface area contributed by atoms with Crippen molar-refractivity contribution in [1.29, 1.82) is 0 Å². The van der Waals surface area contributed by atoms with Gasteiger partial charge in [-0.3, -0.25) is 0 Å². The van der Waals surface area contributed by atoms with Gasteiger partial charge in [-0.1, -0.05) is 6.07 Å². The van der Waals surface area contributed by atoms with Crippen LogP contribution in [-0.2, 0) is 13.6 Å². The molecule has 0 amide bonds. The third-order valence-corrected chi connectivity index (χ3v) is 3.13. The standard InChI is InChI=1S/C11H13IN4/c1-8-14-15-11(16(8)2)7-13-10-5-3-4-9(12)6-10/h3-6,13H,7H2,1-2H3. The zero-order chi connectivity index (χ0) is 11.5. The second-order valence-electron chi connectivity index (χ2n) is 3.59. The van der Waals surface area contributed by atoms with Crippen molar-refractivity contribution in [3.63, 3.8) is 0 Å². The third-order valence-electron chi connectivity index (χ3n) is 2.46. The first kappa shape index (κ1) is 11.4. The maximum Gasteiger partial charge on any atom is 0.152 e. The Balaban J connectivity index is 2.05. The molecule has 5 heteroatoms. The van der Waals surface area contributed by atoms with Gasteiger partial charge in [0.25, 0.3) is 0 Å². The third kappa shape index (κ3) is 2.52. The van der Waals surface area contributed by atoms with Gasteiger partial charge in [-0.05, 0) is 47.7 Å². The molecule has 0 aliphatic carbocycles. The lowest BCUT2D eigenvalue weighted by atomic mass is 10.3. The number of hydrogen-bond donors (Lipinski definition) is 1. The van der Waals surface area contributed by atoms with Crippen molar-refractivity contribution in [1.82, 2.24) is 14.8 Å². The Bertz CT molecular complexity index is 492. The Morgan fingerprint density at radius 3 is 2.81 bits per heavy atom. The summed E-state index contributed by atoms with van der Waals surface area (Å²) in [6.45, 7) is 2.64. The van der Waals surface area contributed by atoms with Crippen LogP contribution in [0.1, 0.15) is 11.6 Å². The fourth-order valence-corrected chi connectivity index (χ4v) is 1.93. The van der Waals surface area contributed by atoms with Gasteiger partial charge in [0.05, 0.1) is 6.54 Å². The van der Waals surface area contributed by atoms with E-state index < -0.39 is 0 Å². The van der Waals surface area contributed by atoms with Gasteiger partial charge in [-0.15, -0.1) is 10.2 Å². The first-order valence-corrected chi connectivity index (χ1v) is 6.09. The molecule has 1 N–H and O–H groups in total. The average Bonchev–Trinajstić information content (AvgIpc) is 2.57. The predicted molar refractivity (Wildman–Crippen MR) is 72.2 cm³/mol. The van der Waals surface area contributed by atoms with Crippen molar-refractivity contribution in [3.05, 3.63) is 39.5 Å². The highest BCUT2D eigenvalue weighted by atomic mass is 127. The first-order chi connectivity index (χ1) is 7.66. The van der Waals surface area contributed by atoms with Crippen molar-refractivity contribution in [2.24, 2.45) is 7.05 Å². The molecule has 0 aliphatic heterocycles. The Kier molecular flexibility index (Phi) is 3.42. The summed E-state index contributed by atoms with van der Waals surface area (Å²) in [5.74, 6) is 1.87. The second kappa shape index (κ2) is 4.82. The molecule has 0 aliphatic rings. The van der Waals surface area contributed by atoms with Crippen molar-refractivity contribution in [3.8, 4) is 0 Å². The van der Waals surface area contributed by atoms with E-state index in [1.54, 1.807) is 0 Å². The number of halogens is 1. The van der Waals surface area contributed by atoms with Crippen LogP contribution in [0.5, 0.6) is 0 Å². The molecule has 0 unspecified atom stereocenters. The maximum absolute atomic E-state index is 4.10. The fraction of sp³-hybridized carbons (Fsp3) is 0.273. The van der Waals surface area contributed by atoms with Gasteiger partial charge in [0, 0.05) is 16.3 Å². The van der Waals surface area contributed by atoms with E-state index in [-0.39, 0.29) is 0 Å². The largest absolute Gasteiger partial charge is 0.378 e. The molecule has 16 heavy (non-hydrogen) atoms. The Hall–Kier alpha value is -1.11. The second-order valence-corrected chi connectivity index (χ2v) is 4.83. The van der Waals surface area contributed by atoms with Crippen LogP contribution < -0.4 is 5.32 Å². The molecular weight excluding hydrogens is 315 g/mol. The summed E-state index contributed by atoms with van der Waals surface area (Å²) >= 11 is 2.30. The summed E-state index contributed by atoms with van der Waals surface area (Å²) < 4.78 is 3.21. The van der Waals surface area contributed by atoms with Crippen LogP contribution in [0.2, 0.25) is 0 Å². The lowest BCUT2D eigenvalue weighted by Gasteiger charge is -2.06. The van der Waals surface area contributed by atoms with Crippen molar-refractivity contribution >= 4 is 28.3 Å². The molecule has 0 fully saturated rings. The van der Waals surface area contributed by atoms with Crippen LogP contribution in [0.3, 0.4) is 0 Å². The number of nitrogens with one attached hydrogen (secondary N) is 1. The van der Waals surface area contributed by atoms with Gasteiger partial charge in [0.2, 0.25) is 0 Å². The molecule has 1 aromatic heterocycles. The smallest absolute Gasteiger partial charge is 0.152 e. The number of nitrogens with zero attached hydrogens (tertiary/aromatic N) is 3. The summed E-state index contributed by atoms with van der Waals surface area (Å²) in [6, 6.07) is 8.25. The normalized spacial score (nSPS) is 10.4. The summed E-state index contributed by atoms with van der Waals surface area (Å²) in [6.07, 6.45) is 0. The Morgan fingerprint density at radius 1 is 1.38 bits per heavy atom. The zero-order valence-corrected chi connectivity index (χ0v) is 11.4. The summed E-state index contributed by atoms with van der Waals surface area (Å²) in [7, 11) is 1.97. The minimum Gasteiger partial charge on any atom is -0.378 e. The lowest BCUT2D eigenvalue weighted by molar-refractivity contribution is 0.789. The molecule has 0 spiro atoms. The summed E-state index contributed by atoms with van der Waals surface area (Å²) in [5, 5.41) is 11.4. The minimum atomic E-state index is 0.692. The Labute approximate surface area is 108 Å². The van der Waals surface area contributed by atoms with E-state index in [1.165, 1.54) is 3.57 Å². The number of benzene rings is 1. The topological polar surface area (TPSA) is 42.7 Å². The van der Waals surface area contributed by atoms with E-state index >= 15 is 0 Å². The first-order valence-electron chi connectivity index (χ1n) is 5.01. The highest BCUT2D eigenvalue weighted by Gasteiger charge is 2.03. The van der Waals surface area contributed by atoms with Crippen LogP contribution in [0, 0.1) is 10.5 Å². The van der Waals surface area contributed by atoms with Crippen LogP contribution in [0.4, 0.5) is 5.69 Å². The molecule has 1 heterocycles. The number of aryl methyl sites for hydroxylation is 1. The van der Waals surface area contributed by atoms with Crippen molar-refractivity contribution in [2.45, 2.75) is 13.5 Å². The minimum absolute atomic E-state index is 0.692. The molecular formula is C11H13IN4. The van der Waals surface area contributed by atoms with Crippen LogP contribution in [0.25, 0.3) is 0 Å². The van der Waals surface area contributed by atoms with Crippen molar-refractivity contribution < 1.29 is 0 Å². The highest BCUT2D eigenvalue weighted by molar-refractivity contribution is 14.1. The van der Waals surface area contributed by atoms with E-state index in [4.69, 9.17) is 0 Å². The van der Waals surface area contributed by atoms with E-state index in [2.05, 4.69) is 50.2 Å². The molecule has 2 aromatic rings. The maximum atomic E-state index is 4.10. The van der Waals surface area contributed by atoms with Gasteiger partial charge >= 0.3 is 0 Å². The molecule has 4 nitrogen and oxygen atoms in total. The monoisotopic (exact) mass is 328 g/mol. The molecule has 1 aromatic carbocycles. The molecule has 0 saturated heterocycles. The SMILES string of the molecule is Cc1nnc(CNc2cccc(I)c2)n1C. The number of rotatable bonds is 3. The number of hydrogen-bond acceptors (Lipinski definition) is 3. The number of aromatic nitrogens is 3. The molecule has 84 valence electrons. The zero-order valence-electron chi connectivity index (χ0n) is 9.24. The van der Waals surface area contributed by atoms with Gasteiger partial charge < -0.3 is 9.88 Å². The fourth-order valence-electron chi connectivity index (χ4n) is 1.38. The van der Waals surface area contributed by atoms with Crippen LogP contribution in [0.15, 0.2) is 24.3 Å². The van der Waals surface area contributed by atoms with E-state index in [1.807, 2.05) is 30.7 Å². The van der Waals surface area contributed by atoms with E-state index in [0.717, 1.165) is 17.3 Å². The predicted octanol–water partition coefficient (Wildman–Crippen LogP) is 2.34. The van der Waals surface area contributed by atoms with Gasteiger partial charge in [-0.25, -0.2) is 0 Å². The molecule has 0 saturated carbocycles. The van der Waals surface area contributed by atoms with E-state index in [9.17, 15) is 0 Å². The number of anilines is 1. The Morgan fingerprint density at radius 2 is 2.19 bits per heavy atom. The van der Waals surface area contributed by atoms with Gasteiger partial charge in [-0.2, -0.15) is 0 Å². The van der Waals surface area contributed by atoms with E-state index in [0.29, 0.717) is 6.54 Å². The van der Waals surface area contributed by atoms with Crippen molar-refractivity contribution in [2.75, 3.05) is 5.32 Å². The molecule has 0 radical (unpaired) electrons. The van der Waals surface area contributed by atoms with Gasteiger partial charge in [0.15, 0.2) is 5.82 Å². The van der Waals surface area contributed by atoms with Gasteiger partial charge in [0.1, 0.15) is 5.82 Å². The lowest BCUT2D eigenvalue weighted by Crippen LogP contribution is -2.06. The average molecular weight is 328 g/mol. The summed E-state index contributed by atoms with van der Waals surface area (Å²) in [4.78, 5) is 0.